The summed E-state index contributed by atoms with van der Waals surface area (Å²) < 4.78 is 31.8. The topological polar surface area (TPSA) is 96.3 Å². The summed E-state index contributed by atoms with van der Waals surface area (Å²) in [4.78, 5) is 11.3. The van der Waals surface area contributed by atoms with Crippen LogP contribution in [0.15, 0.2) is 59.5 Å². The van der Waals surface area contributed by atoms with E-state index >= 15 is 0 Å². The maximum absolute atomic E-state index is 12.3. The first kappa shape index (κ1) is 18.2. The van der Waals surface area contributed by atoms with Gasteiger partial charge in [-0.3, -0.25) is 4.72 Å². The largest absolute Gasteiger partial charge is 0.463 e. The van der Waals surface area contributed by atoms with E-state index in [1.54, 1.807) is 37.3 Å². The predicted molar refractivity (Wildman–Crippen MR) is 94.1 cm³/mol. The minimum Gasteiger partial charge on any atom is -0.463 e. The molecular weight excluding hydrogens is 340 g/mol. The Bertz CT molecular complexity index is 909. The number of carbonyl (C=O) groups is 1. The molecule has 128 valence electrons. The average molecular weight is 356 g/mol. The quantitative estimate of drug-likeness (QED) is 0.634. The zero-order valence-corrected chi connectivity index (χ0v) is 14.3. The number of sulfonamides is 1. The molecule has 0 aliphatic rings. The molecule has 0 saturated heterocycles. The van der Waals surface area contributed by atoms with Crippen molar-refractivity contribution in [2.45, 2.75) is 11.8 Å². The number of benzene rings is 2. The van der Waals surface area contributed by atoms with Gasteiger partial charge in [-0.15, -0.1) is 0 Å². The van der Waals surface area contributed by atoms with Crippen molar-refractivity contribution >= 4 is 27.8 Å². The van der Waals surface area contributed by atoms with Crippen molar-refractivity contribution in [1.29, 1.82) is 5.26 Å². The minimum atomic E-state index is -3.74. The fourth-order valence-corrected chi connectivity index (χ4v) is 3.00. The molecule has 0 aliphatic heterocycles. The molecule has 7 heteroatoms. The maximum Gasteiger partial charge on any atom is 0.330 e. The van der Waals surface area contributed by atoms with Crippen LogP contribution < -0.4 is 4.72 Å². The van der Waals surface area contributed by atoms with E-state index < -0.39 is 16.0 Å². The Morgan fingerprint density at radius 2 is 1.80 bits per heavy atom. The van der Waals surface area contributed by atoms with Crippen molar-refractivity contribution < 1.29 is 17.9 Å². The molecule has 2 rings (SSSR count). The van der Waals surface area contributed by atoms with Gasteiger partial charge in [-0.2, -0.15) is 5.26 Å². The lowest BCUT2D eigenvalue weighted by atomic mass is 10.2. The van der Waals surface area contributed by atoms with Crippen LogP contribution in [0, 0.1) is 11.3 Å². The first-order valence-corrected chi connectivity index (χ1v) is 8.91. The third-order valence-electron chi connectivity index (χ3n) is 3.16. The molecule has 0 amide bonds. The highest BCUT2D eigenvalue weighted by molar-refractivity contribution is 7.92. The van der Waals surface area contributed by atoms with Gasteiger partial charge in [0.15, 0.2) is 0 Å². The number of anilines is 1. The van der Waals surface area contributed by atoms with E-state index in [2.05, 4.69) is 4.72 Å². The van der Waals surface area contributed by atoms with E-state index in [1.807, 2.05) is 6.07 Å². The number of nitriles is 1. The summed E-state index contributed by atoms with van der Waals surface area (Å²) in [5.74, 6) is -0.437. The standard InChI is InChI=1S/C18H16N2O4S/c1-2-24-18(21)12-7-14-3-8-16(9-4-14)20-25(22,23)17-10-5-15(13-19)6-11-17/h3-12,20H,2H2,1H3/b12-7+. The Morgan fingerprint density at radius 3 is 2.36 bits per heavy atom. The molecule has 0 saturated carbocycles. The summed E-state index contributed by atoms with van der Waals surface area (Å²) in [7, 11) is -3.74. The van der Waals surface area contributed by atoms with E-state index in [9.17, 15) is 13.2 Å². The lowest BCUT2D eigenvalue weighted by molar-refractivity contribution is -0.137. The molecule has 2 aromatic carbocycles. The van der Waals surface area contributed by atoms with E-state index in [4.69, 9.17) is 10.00 Å². The normalized spacial score (nSPS) is 11.0. The number of hydrogen-bond acceptors (Lipinski definition) is 5. The maximum atomic E-state index is 12.3. The van der Waals surface area contributed by atoms with Gasteiger partial charge in [0.2, 0.25) is 0 Å². The van der Waals surface area contributed by atoms with Crippen LogP contribution in [0.5, 0.6) is 0 Å². The molecule has 1 N–H and O–H groups in total. The summed E-state index contributed by atoms with van der Waals surface area (Å²) in [6.45, 7) is 2.03. The zero-order valence-electron chi connectivity index (χ0n) is 13.5. The van der Waals surface area contributed by atoms with Crippen LogP contribution in [-0.4, -0.2) is 21.0 Å². The van der Waals surface area contributed by atoms with Crippen molar-refractivity contribution in [1.82, 2.24) is 0 Å². The summed E-state index contributed by atoms with van der Waals surface area (Å²) in [6, 6.07) is 14.1. The molecule has 0 atom stereocenters. The number of hydrogen-bond donors (Lipinski definition) is 1. The van der Waals surface area contributed by atoms with Gasteiger partial charge in [0.1, 0.15) is 0 Å². The lowest BCUT2D eigenvalue weighted by Gasteiger charge is -2.08. The molecule has 0 radical (unpaired) electrons. The second-order valence-corrected chi connectivity index (χ2v) is 6.63. The molecule has 0 bridgehead atoms. The highest BCUT2D eigenvalue weighted by Crippen LogP contribution is 2.17. The Hall–Kier alpha value is -3.11. The molecule has 0 unspecified atom stereocenters. The first-order chi connectivity index (χ1) is 11.9. The van der Waals surface area contributed by atoms with E-state index in [-0.39, 0.29) is 4.90 Å². The van der Waals surface area contributed by atoms with Gasteiger partial charge >= 0.3 is 5.97 Å². The number of esters is 1. The molecular formula is C18H16N2O4S. The minimum absolute atomic E-state index is 0.0674. The van der Waals surface area contributed by atoms with Gasteiger partial charge in [-0.1, -0.05) is 12.1 Å². The average Bonchev–Trinajstić information content (AvgIpc) is 2.61. The smallest absolute Gasteiger partial charge is 0.330 e. The van der Waals surface area contributed by atoms with E-state index in [0.29, 0.717) is 17.9 Å². The second-order valence-electron chi connectivity index (χ2n) is 4.95. The second kappa shape index (κ2) is 8.13. The molecule has 0 aliphatic carbocycles. The third kappa shape index (κ3) is 5.19. The van der Waals surface area contributed by atoms with E-state index in [0.717, 1.165) is 5.56 Å². The number of ether oxygens (including phenoxy) is 1. The predicted octanol–water partition coefficient (Wildman–Crippen LogP) is 2.94. The number of carbonyl (C=O) groups excluding carboxylic acids is 1. The van der Waals surface area contributed by atoms with Gasteiger partial charge < -0.3 is 4.74 Å². The van der Waals surface area contributed by atoms with Gasteiger partial charge in [-0.05, 0) is 55.0 Å². The van der Waals surface area contributed by atoms with Gasteiger partial charge in [0, 0.05) is 11.8 Å². The summed E-state index contributed by atoms with van der Waals surface area (Å²) in [5.41, 5.74) is 1.50. The summed E-state index contributed by atoms with van der Waals surface area (Å²) in [5, 5.41) is 8.75. The summed E-state index contributed by atoms with van der Waals surface area (Å²) in [6.07, 6.45) is 2.89. The van der Waals surface area contributed by atoms with Gasteiger partial charge in [0.05, 0.1) is 23.1 Å². The highest BCUT2D eigenvalue weighted by Gasteiger charge is 2.13. The fraction of sp³-hybridized carbons (Fsp3) is 0.111. The van der Waals surface area contributed by atoms with Crippen LogP contribution in [0.25, 0.3) is 6.08 Å². The molecule has 0 heterocycles. The molecule has 0 spiro atoms. The van der Waals surface area contributed by atoms with Crippen LogP contribution in [0.4, 0.5) is 5.69 Å². The Morgan fingerprint density at radius 1 is 1.16 bits per heavy atom. The van der Waals surface area contributed by atoms with E-state index in [1.165, 1.54) is 30.3 Å². The van der Waals surface area contributed by atoms with Crippen LogP contribution in [0.1, 0.15) is 18.1 Å². The van der Waals surface area contributed by atoms with Crippen molar-refractivity contribution in [2.75, 3.05) is 11.3 Å². The number of nitrogens with zero attached hydrogens (tertiary/aromatic N) is 1. The van der Waals surface area contributed by atoms with Crippen molar-refractivity contribution in [3.05, 3.63) is 65.7 Å². The fourth-order valence-electron chi connectivity index (χ4n) is 1.94. The van der Waals surface area contributed by atoms with Crippen LogP contribution in [0.3, 0.4) is 0 Å². The Kier molecular flexibility index (Phi) is 5.93. The molecule has 2 aromatic rings. The summed E-state index contributed by atoms with van der Waals surface area (Å²) >= 11 is 0. The lowest BCUT2D eigenvalue weighted by Crippen LogP contribution is -2.12. The Labute approximate surface area is 146 Å². The third-order valence-corrected chi connectivity index (χ3v) is 4.55. The Balaban J connectivity index is 2.09. The van der Waals surface area contributed by atoms with Crippen LogP contribution >= 0.6 is 0 Å². The van der Waals surface area contributed by atoms with Crippen molar-refractivity contribution in [3.8, 4) is 6.07 Å². The van der Waals surface area contributed by atoms with Gasteiger partial charge in [-0.25, -0.2) is 13.2 Å². The molecule has 25 heavy (non-hydrogen) atoms. The number of nitrogens with one attached hydrogen (secondary N) is 1. The molecule has 6 nitrogen and oxygen atoms in total. The molecule has 0 fully saturated rings. The molecule has 0 aromatic heterocycles. The first-order valence-electron chi connectivity index (χ1n) is 7.42. The SMILES string of the molecule is CCOC(=O)/C=C/c1ccc(NS(=O)(=O)c2ccc(C#N)cc2)cc1. The number of rotatable bonds is 6. The van der Waals surface area contributed by atoms with Crippen molar-refractivity contribution in [3.63, 3.8) is 0 Å². The van der Waals surface area contributed by atoms with Crippen molar-refractivity contribution in [2.24, 2.45) is 0 Å². The van der Waals surface area contributed by atoms with Gasteiger partial charge in [0.25, 0.3) is 10.0 Å². The monoisotopic (exact) mass is 356 g/mol. The zero-order chi connectivity index (χ0) is 18.3. The van der Waals surface area contributed by atoms with Crippen LogP contribution in [0.2, 0.25) is 0 Å². The van der Waals surface area contributed by atoms with Crippen LogP contribution in [-0.2, 0) is 19.6 Å². The highest BCUT2D eigenvalue weighted by atomic mass is 32.2.